The number of unbranched alkanes of at least 4 members (excludes halogenated alkanes) is 1. The molecular formula is C15H28N2O. The van der Waals surface area contributed by atoms with E-state index in [0.29, 0.717) is 6.54 Å². The van der Waals surface area contributed by atoms with Crippen LogP contribution in [0.1, 0.15) is 51.9 Å². The third kappa shape index (κ3) is 6.80. The number of nitrogens with zero attached hydrogens (tertiary/aromatic N) is 1. The maximum atomic E-state index is 11.7. The second-order valence-electron chi connectivity index (χ2n) is 5.30. The van der Waals surface area contributed by atoms with Gasteiger partial charge in [0, 0.05) is 6.54 Å². The van der Waals surface area contributed by atoms with Crippen molar-refractivity contribution in [2.75, 3.05) is 26.7 Å². The number of allylic oxidation sites excluding steroid dienone is 1. The Morgan fingerprint density at radius 1 is 1.44 bits per heavy atom. The van der Waals surface area contributed by atoms with Gasteiger partial charge in [-0.15, -0.1) is 0 Å². The molecule has 0 heterocycles. The predicted molar refractivity (Wildman–Crippen MR) is 76.6 cm³/mol. The highest BCUT2D eigenvalue weighted by atomic mass is 16.2. The van der Waals surface area contributed by atoms with Crippen LogP contribution in [0.4, 0.5) is 0 Å². The summed E-state index contributed by atoms with van der Waals surface area (Å²) < 4.78 is 0. The van der Waals surface area contributed by atoms with Crippen LogP contribution >= 0.6 is 0 Å². The Bertz CT molecular complexity index is 274. The van der Waals surface area contributed by atoms with Crippen LogP contribution in [0, 0.1) is 0 Å². The second-order valence-corrected chi connectivity index (χ2v) is 5.30. The van der Waals surface area contributed by atoms with Crippen molar-refractivity contribution in [3.8, 4) is 0 Å². The lowest BCUT2D eigenvalue weighted by molar-refractivity contribution is -0.121. The molecule has 0 radical (unpaired) electrons. The summed E-state index contributed by atoms with van der Waals surface area (Å²) in [7, 11) is 2.01. The molecule has 104 valence electrons. The van der Waals surface area contributed by atoms with Crippen molar-refractivity contribution in [3.05, 3.63) is 11.6 Å². The highest BCUT2D eigenvalue weighted by molar-refractivity contribution is 5.77. The Morgan fingerprint density at radius 2 is 2.28 bits per heavy atom. The van der Waals surface area contributed by atoms with Crippen molar-refractivity contribution in [3.63, 3.8) is 0 Å². The summed E-state index contributed by atoms with van der Waals surface area (Å²) in [6.07, 6.45) is 10.8. The normalized spacial score (nSPS) is 15.6. The van der Waals surface area contributed by atoms with Gasteiger partial charge in [-0.2, -0.15) is 0 Å². The van der Waals surface area contributed by atoms with Gasteiger partial charge in [0.25, 0.3) is 0 Å². The molecule has 1 rings (SSSR count). The minimum atomic E-state index is 0.157. The molecule has 0 aromatic carbocycles. The van der Waals surface area contributed by atoms with E-state index in [9.17, 15) is 4.79 Å². The largest absolute Gasteiger partial charge is 0.355 e. The molecule has 0 aromatic heterocycles. The number of amides is 1. The van der Waals surface area contributed by atoms with E-state index in [1.807, 2.05) is 7.05 Å². The third-order valence-electron chi connectivity index (χ3n) is 3.46. The summed E-state index contributed by atoms with van der Waals surface area (Å²) in [5.41, 5.74) is 1.53. The van der Waals surface area contributed by atoms with Gasteiger partial charge in [0.1, 0.15) is 0 Å². The first kappa shape index (κ1) is 15.2. The zero-order chi connectivity index (χ0) is 13.2. The fourth-order valence-corrected chi connectivity index (χ4v) is 2.30. The fraction of sp³-hybridized carbons (Fsp3) is 0.800. The van der Waals surface area contributed by atoms with Crippen molar-refractivity contribution in [2.24, 2.45) is 0 Å². The molecule has 0 aliphatic heterocycles. The zero-order valence-corrected chi connectivity index (χ0v) is 12.0. The molecule has 1 N–H and O–H groups in total. The Morgan fingerprint density at radius 3 is 2.94 bits per heavy atom. The van der Waals surface area contributed by atoms with Crippen molar-refractivity contribution in [1.82, 2.24) is 10.2 Å². The minimum absolute atomic E-state index is 0.157. The molecule has 3 nitrogen and oxygen atoms in total. The topological polar surface area (TPSA) is 32.3 Å². The summed E-state index contributed by atoms with van der Waals surface area (Å²) in [5, 5.41) is 3.02. The Kier molecular flexibility index (Phi) is 7.74. The number of carbonyl (C=O) groups excluding carboxylic acids is 1. The van der Waals surface area contributed by atoms with Gasteiger partial charge in [-0.05, 0) is 52.1 Å². The maximum absolute atomic E-state index is 11.7. The van der Waals surface area contributed by atoms with Gasteiger partial charge in [-0.1, -0.05) is 25.0 Å². The van der Waals surface area contributed by atoms with E-state index in [2.05, 4.69) is 23.2 Å². The standard InChI is InChI=1S/C15H28N2O/c1-3-4-12-17(2)13-15(18)16-11-10-14-8-6-5-7-9-14/h8H,3-7,9-13H2,1-2H3,(H,16,18). The first-order chi connectivity index (χ1) is 8.72. The predicted octanol–water partition coefficient (Wildman–Crippen LogP) is 2.73. The first-order valence-corrected chi connectivity index (χ1v) is 7.35. The number of hydrogen-bond donors (Lipinski definition) is 1. The average Bonchev–Trinajstić information content (AvgIpc) is 2.37. The fourth-order valence-electron chi connectivity index (χ4n) is 2.30. The highest BCUT2D eigenvalue weighted by Gasteiger charge is 2.07. The van der Waals surface area contributed by atoms with E-state index in [0.717, 1.165) is 25.9 Å². The van der Waals surface area contributed by atoms with Crippen molar-refractivity contribution < 1.29 is 4.79 Å². The van der Waals surface area contributed by atoms with Crippen LogP contribution in [0.25, 0.3) is 0 Å². The molecule has 0 saturated carbocycles. The molecular weight excluding hydrogens is 224 g/mol. The van der Waals surface area contributed by atoms with E-state index in [1.54, 1.807) is 0 Å². The van der Waals surface area contributed by atoms with Crippen LogP contribution in [0.3, 0.4) is 0 Å². The molecule has 0 spiro atoms. The van der Waals surface area contributed by atoms with Crippen LogP contribution in [-0.4, -0.2) is 37.5 Å². The van der Waals surface area contributed by atoms with E-state index in [4.69, 9.17) is 0 Å². The van der Waals surface area contributed by atoms with Gasteiger partial charge in [0.15, 0.2) is 0 Å². The smallest absolute Gasteiger partial charge is 0.234 e. The van der Waals surface area contributed by atoms with Gasteiger partial charge < -0.3 is 5.32 Å². The molecule has 1 amide bonds. The molecule has 0 fully saturated rings. The first-order valence-electron chi connectivity index (χ1n) is 7.35. The summed E-state index contributed by atoms with van der Waals surface area (Å²) in [4.78, 5) is 13.8. The van der Waals surface area contributed by atoms with Crippen LogP contribution in [0.5, 0.6) is 0 Å². The maximum Gasteiger partial charge on any atom is 0.234 e. The molecule has 0 unspecified atom stereocenters. The van der Waals surface area contributed by atoms with Crippen molar-refractivity contribution in [2.45, 2.75) is 51.9 Å². The summed E-state index contributed by atoms with van der Waals surface area (Å²) >= 11 is 0. The quantitative estimate of drug-likeness (QED) is 0.674. The number of carbonyl (C=O) groups is 1. The molecule has 3 heteroatoms. The van der Waals surface area contributed by atoms with Gasteiger partial charge in [0.2, 0.25) is 5.91 Å². The van der Waals surface area contributed by atoms with Crippen molar-refractivity contribution in [1.29, 1.82) is 0 Å². The van der Waals surface area contributed by atoms with Gasteiger partial charge in [-0.3, -0.25) is 9.69 Å². The van der Waals surface area contributed by atoms with Gasteiger partial charge in [-0.25, -0.2) is 0 Å². The Balaban J connectivity index is 2.07. The van der Waals surface area contributed by atoms with E-state index < -0.39 is 0 Å². The number of nitrogens with one attached hydrogen (secondary N) is 1. The van der Waals surface area contributed by atoms with Crippen molar-refractivity contribution >= 4 is 5.91 Å². The second kappa shape index (κ2) is 9.15. The molecule has 1 aliphatic carbocycles. The molecule has 0 aromatic rings. The monoisotopic (exact) mass is 252 g/mol. The van der Waals surface area contributed by atoms with Crippen LogP contribution in [0.15, 0.2) is 11.6 Å². The summed E-state index contributed by atoms with van der Waals surface area (Å²) in [6, 6.07) is 0. The lowest BCUT2D eigenvalue weighted by Crippen LogP contribution is -2.36. The van der Waals surface area contributed by atoms with Crippen LogP contribution in [-0.2, 0) is 4.79 Å². The molecule has 18 heavy (non-hydrogen) atoms. The average molecular weight is 252 g/mol. The lowest BCUT2D eigenvalue weighted by Gasteiger charge is -2.16. The molecule has 0 atom stereocenters. The minimum Gasteiger partial charge on any atom is -0.355 e. The highest BCUT2D eigenvalue weighted by Crippen LogP contribution is 2.19. The summed E-state index contributed by atoms with van der Waals surface area (Å²) in [6.45, 7) is 4.51. The Labute approximate surface area is 112 Å². The molecule has 1 aliphatic rings. The van der Waals surface area contributed by atoms with Crippen LogP contribution < -0.4 is 5.32 Å². The number of hydrogen-bond acceptors (Lipinski definition) is 2. The van der Waals surface area contributed by atoms with Crippen LogP contribution in [0.2, 0.25) is 0 Å². The van der Waals surface area contributed by atoms with Gasteiger partial charge >= 0.3 is 0 Å². The number of rotatable bonds is 8. The SMILES string of the molecule is CCCCN(C)CC(=O)NCCC1=CCCCC1. The third-order valence-corrected chi connectivity index (χ3v) is 3.46. The van der Waals surface area contributed by atoms with E-state index in [-0.39, 0.29) is 5.91 Å². The Hall–Kier alpha value is -0.830. The van der Waals surface area contributed by atoms with Gasteiger partial charge in [0.05, 0.1) is 6.54 Å². The zero-order valence-electron chi connectivity index (χ0n) is 12.0. The molecule has 0 bridgehead atoms. The lowest BCUT2D eigenvalue weighted by atomic mass is 9.97. The molecule has 0 saturated heterocycles. The summed E-state index contributed by atoms with van der Waals surface area (Å²) in [5.74, 6) is 0.157. The number of likely N-dealkylation sites (N-methyl/N-ethyl adjacent to an activating group) is 1. The van der Waals surface area contributed by atoms with E-state index in [1.165, 1.54) is 37.7 Å². The van der Waals surface area contributed by atoms with E-state index >= 15 is 0 Å².